The lowest BCUT2D eigenvalue weighted by Crippen LogP contribution is -2.23. The second-order valence-electron chi connectivity index (χ2n) is 3.42. The summed E-state index contributed by atoms with van der Waals surface area (Å²) in [4.78, 5) is 0. The molecule has 0 radical (unpaired) electrons. The first-order chi connectivity index (χ1) is 5.80. The maximum atomic E-state index is 4.27. The minimum Gasteiger partial charge on any atom is -0.310 e. The molecular weight excluding hydrogens is 150 g/mol. The average molecular weight is 165 g/mol. The summed E-state index contributed by atoms with van der Waals surface area (Å²) in [7, 11) is 2.02. The molecule has 0 atom stereocenters. The number of nitrogens with one attached hydrogen (secondary N) is 1. The van der Waals surface area contributed by atoms with E-state index in [-0.39, 0.29) is 5.54 Å². The monoisotopic (exact) mass is 165 g/mol. The summed E-state index contributed by atoms with van der Waals surface area (Å²) in [5.74, 6) is 0. The normalized spacial score (nSPS) is 19.5. The van der Waals surface area contributed by atoms with Crippen molar-refractivity contribution < 1.29 is 0 Å². The maximum Gasteiger partial charge on any atom is 0.0540 e. The van der Waals surface area contributed by atoms with Crippen LogP contribution in [0.2, 0.25) is 0 Å². The van der Waals surface area contributed by atoms with Gasteiger partial charge < -0.3 is 5.32 Å². The van der Waals surface area contributed by atoms with Crippen LogP contribution >= 0.6 is 0 Å². The van der Waals surface area contributed by atoms with Crippen LogP contribution in [0, 0.1) is 0 Å². The summed E-state index contributed by atoms with van der Waals surface area (Å²) in [6.45, 7) is 3.06. The van der Waals surface area contributed by atoms with Gasteiger partial charge in [0.05, 0.1) is 6.20 Å². The second-order valence-corrected chi connectivity index (χ2v) is 3.42. The third-order valence-corrected chi connectivity index (χ3v) is 2.74. The van der Waals surface area contributed by atoms with Gasteiger partial charge in [0.15, 0.2) is 0 Å². The zero-order valence-electron chi connectivity index (χ0n) is 7.67. The fourth-order valence-corrected chi connectivity index (χ4v) is 1.59. The fraction of sp³-hybridized carbons (Fsp3) is 0.667. The molecule has 0 unspecified atom stereocenters. The third-order valence-electron chi connectivity index (χ3n) is 2.74. The van der Waals surface area contributed by atoms with E-state index in [4.69, 9.17) is 0 Å². The van der Waals surface area contributed by atoms with E-state index in [1.807, 2.05) is 17.9 Å². The molecule has 0 aliphatic heterocycles. The van der Waals surface area contributed by atoms with Gasteiger partial charge in [-0.05, 0) is 26.8 Å². The summed E-state index contributed by atoms with van der Waals surface area (Å²) < 4.78 is 1.98. The molecule has 12 heavy (non-hydrogen) atoms. The summed E-state index contributed by atoms with van der Waals surface area (Å²) in [5.41, 5.74) is 1.61. The van der Waals surface area contributed by atoms with Crippen molar-refractivity contribution in [2.45, 2.75) is 31.8 Å². The van der Waals surface area contributed by atoms with Gasteiger partial charge in [0.2, 0.25) is 0 Å². The number of nitrogens with zero attached hydrogens (tertiary/aromatic N) is 2. The molecule has 0 saturated heterocycles. The largest absolute Gasteiger partial charge is 0.310 e. The molecular formula is C9H15N3. The van der Waals surface area contributed by atoms with Crippen LogP contribution in [-0.4, -0.2) is 16.8 Å². The lowest BCUT2D eigenvalue weighted by molar-refractivity contribution is 0.583. The Hall–Kier alpha value is -0.830. The Morgan fingerprint density at radius 2 is 2.42 bits per heavy atom. The van der Waals surface area contributed by atoms with Crippen LogP contribution in [0.15, 0.2) is 12.4 Å². The minimum absolute atomic E-state index is 0.271. The molecule has 1 aliphatic rings. The highest BCUT2D eigenvalue weighted by molar-refractivity contribution is 5.25. The summed E-state index contributed by atoms with van der Waals surface area (Å²) >= 11 is 0. The van der Waals surface area contributed by atoms with E-state index in [1.54, 1.807) is 0 Å². The van der Waals surface area contributed by atoms with E-state index in [0.29, 0.717) is 0 Å². The van der Waals surface area contributed by atoms with E-state index in [2.05, 4.69) is 23.5 Å². The van der Waals surface area contributed by atoms with Crippen LogP contribution in [0.3, 0.4) is 0 Å². The maximum absolute atomic E-state index is 4.27. The van der Waals surface area contributed by atoms with Crippen molar-refractivity contribution >= 4 is 0 Å². The first-order valence-electron chi connectivity index (χ1n) is 4.52. The molecule has 1 aromatic rings. The van der Waals surface area contributed by atoms with Crippen molar-refractivity contribution in [1.29, 1.82) is 0 Å². The molecule has 1 N–H and O–H groups in total. The van der Waals surface area contributed by atoms with Crippen molar-refractivity contribution in [3.63, 3.8) is 0 Å². The summed E-state index contributed by atoms with van der Waals surface area (Å²) in [5, 5.41) is 7.62. The SMILES string of the molecule is CCn1cc(C2(NC)CC2)cn1. The molecule has 1 saturated carbocycles. The van der Waals surface area contributed by atoms with E-state index >= 15 is 0 Å². The molecule has 66 valence electrons. The van der Waals surface area contributed by atoms with Crippen LogP contribution in [0.4, 0.5) is 0 Å². The highest BCUT2D eigenvalue weighted by Gasteiger charge is 2.43. The van der Waals surface area contributed by atoms with Gasteiger partial charge in [-0.2, -0.15) is 5.10 Å². The molecule has 3 nitrogen and oxygen atoms in total. The van der Waals surface area contributed by atoms with Gasteiger partial charge in [0.1, 0.15) is 0 Å². The van der Waals surface area contributed by atoms with Crippen LogP contribution in [0.5, 0.6) is 0 Å². The van der Waals surface area contributed by atoms with Gasteiger partial charge >= 0.3 is 0 Å². The lowest BCUT2D eigenvalue weighted by Gasteiger charge is -2.10. The van der Waals surface area contributed by atoms with Gasteiger partial charge in [-0.15, -0.1) is 0 Å². The van der Waals surface area contributed by atoms with Gasteiger partial charge in [0.25, 0.3) is 0 Å². The number of hydrogen-bond acceptors (Lipinski definition) is 2. The Kier molecular flexibility index (Phi) is 1.68. The second kappa shape index (κ2) is 2.59. The molecule has 3 heteroatoms. The molecule has 2 rings (SSSR count). The Bertz CT molecular complexity index is 273. The standard InChI is InChI=1S/C9H15N3/c1-3-12-7-8(6-11-12)9(10-2)4-5-9/h6-7,10H,3-5H2,1-2H3. The number of hydrogen-bond donors (Lipinski definition) is 1. The summed E-state index contributed by atoms with van der Waals surface area (Å²) in [6, 6.07) is 0. The van der Waals surface area contributed by atoms with Gasteiger partial charge in [-0.25, -0.2) is 0 Å². The van der Waals surface area contributed by atoms with Crippen molar-refractivity contribution in [1.82, 2.24) is 15.1 Å². The predicted octanol–water partition coefficient (Wildman–Crippen LogP) is 1.11. The molecule has 1 fully saturated rings. The molecule has 1 aliphatic carbocycles. The third kappa shape index (κ3) is 1.05. The molecule has 0 aromatic carbocycles. The van der Waals surface area contributed by atoms with E-state index in [1.165, 1.54) is 18.4 Å². The molecule has 1 aromatic heterocycles. The topological polar surface area (TPSA) is 29.9 Å². The zero-order valence-corrected chi connectivity index (χ0v) is 7.67. The van der Waals surface area contributed by atoms with Crippen LogP contribution in [0.25, 0.3) is 0 Å². The van der Waals surface area contributed by atoms with Crippen molar-refractivity contribution in [3.05, 3.63) is 18.0 Å². The van der Waals surface area contributed by atoms with Gasteiger partial charge in [0, 0.05) is 23.8 Å². The van der Waals surface area contributed by atoms with E-state index in [0.717, 1.165) is 6.54 Å². The van der Waals surface area contributed by atoms with Gasteiger partial charge in [-0.3, -0.25) is 4.68 Å². The van der Waals surface area contributed by atoms with Crippen LogP contribution in [-0.2, 0) is 12.1 Å². The average Bonchev–Trinajstić information content (AvgIpc) is 2.77. The Morgan fingerprint density at radius 3 is 2.83 bits per heavy atom. The highest BCUT2D eigenvalue weighted by Crippen LogP contribution is 2.44. The zero-order chi connectivity index (χ0) is 8.60. The quantitative estimate of drug-likeness (QED) is 0.727. The summed E-state index contributed by atoms with van der Waals surface area (Å²) in [6.07, 6.45) is 6.62. The number of aromatic nitrogens is 2. The lowest BCUT2D eigenvalue weighted by atomic mass is 10.1. The van der Waals surface area contributed by atoms with Crippen molar-refractivity contribution in [2.24, 2.45) is 0 Å². The van der Waals surface area contributed by atoms with Crippen molar-refractivity contribution in [3.8, 4) is 0 Å². The van der Waals surface area contributed by atoms with Crippen molar-refractivity contribution in [2.75, 3.05) is 7.05 Å². The Balaban J connectivity index is 2.23. The number of rotatable bonds is 3. The predicted molar refractivity (Wildman–Crippen MR) is 47.9 cm³/mol. The first-order valence-corrected chi connectivity index (χ1v) is 4.52. The Morgan fingerprint density at radius 1 is 1.67 bits per heavy atom. The smallest absolute Gasteiger partial charge is 0.0540 e. The minimum atomic E-state index is 0.271. The van der Waals surface area contributed by atoms with Gasteiger partial charge in [-0.1, -0.05) is 0 Å². The molecule has 0 amide bonds. The van der Waals surface area contributed by atoms with Crippen LogP contribution < -0.4 is 5.32 Å². The molecule has 0 bridgehead atoms. The Labute approximate surface area is 72.8 Å². The highest BCUT2D eigenvalue weighted by atomic mass is 15.3. The first kappa shape index (κ1) is 7.80. The van der Waals surface area contributed by atoms with E-state index in [9.17, 15) is 0 Å². The fourth-order valence-electron chi connectivity index (χ4n) is 1.59. The van der Waals surface area contributed by atoms with E-state index < -0.39 is 0 Å². The van der Waals surface area contributed by atoms with Crippen LogP contribution in [0.1, 0.15) is 25.3 Å². The molecule has 1 heterocycles. The molecule has 0 spiro atoms. The number of aryl methyl sites for hydroxylation is 1.